The van der Waals surface area contributed by atoms with Crippen LogP contribution < -0.4 is 5.53 Å². The molecule has 24 heavy (non-hydrogen) atoms. The summed E-state index contributed by atoms with van der Waals surface area (Å²) in [7, 11) is 1.41. The summed E-state index contributed by atoms with van der Waals surface area (Å²) >= 11 is 36.1. The molecule has 0 amide bonds. The number of hydrogen-bond donors (Lipinski definition) is 1. The molecule has 0 atom stereocenters. The zero-order chi connectivity index (χ0) is 18.0. The van der Waals surface area contributed by atoms with Crippen LogP contribution >= 0.6 is 69.6 Å². The van der Waals surface area contributed by atoms with Gasteiger partial charge in [0, 0.05) is 0 Å². The third-order valence-corrected chi connectivity index (χ3v) is 4.04. The van der Waals surface area contributed by atoms with E-state index in [1.807, 2.05) is 30.3 Å². The summed E-state index contributed by atoms with van der Waals surface area (Å²) in [6.07, 6.45) is 3.45. The first-order valence-corrected chi connectivity index (χ1v) is 8.71. The van der Waals surface area contributed by atoms with Crippen LogP contribution in [0.1, 0.15) is 5.56 Å². The van der Waals surface area contributed by atoms with Crippen molar-refractivity contribution >= 4 is 81.4 Å². The minimum absolute atomic E-state index is 0.0477. The topological polar surface area (TPSA) is 36.9 Å². The fraction of sp³-hybridized carbons (Fsp3) is 0.214. The standard InChI is InChI=1S/C14H11Cl6N3O/c1-24-23-10(8-7-9-5-3-2-4-6-9)11(13(15,16)17)12(21-22-23)14(18,19)20/h2-8,22H,1H3. The Balaban J connectivity index is 2.58. The molecule has 0 saturated heterocycles. The number of benzene rings is 1. The fourth-order valence-corrected chi connectivity index (χ4v) is 2.91. The van der Waals surface area contributed by atoms with Crippen LogP contribution in [0, 0.1) is 0 Å². The molecule has 0 radical (unpaired) electrons. The Labute approximate surface area is 169 Å². The lowest BCUT2D eigenvalue weighted by Gasteiger charge is -2.33. The third-order valence-electron chi connectivity index (χ3n) is 2.93. The maximum atomic E-state index is 6.08. The summed E-state index contributed by atoms with van der Waals surface area (Å²) in [4.78, 5) is 5.18. The molecular formula is C14H11Cl6N3O. The molecule has 1 aliphatic rings. The normalized spacial score (nSPS) is 16.5. The number of nitrogens with one attached hydrogen (secondary N) is 1. The van der Waals surface area contributed by atoms with Crippen molar-refractivity contribution in [2.75, 3.05) is 7.11 Å². The van der Waals surface area contributed by atoms with E-state index < -0.39 is 7.59 Å². The second-order valence-corrected chi connectivity index (χ2v) is 9.10. The quantitative estimate of drug-likeness (QED) is 0.625. The van der Waals surface area contributed by atoms with Gasteiger partial charge in [0.1, 0.15) is 5.71 Å². The third kappa shape index (κ3) is 4.85. The van der Waals surface area contributed by atoms with E-state index in [1.54, 1.807) is 12.2 Å². The van der Waals surface area contributed by atoms with Crippen LogP contribution in [0.25, 0.3) is 6.08 Å². The average Bonchev–Trinajstić information content (AvgIpc) is 2.51. The molecule has 1 aromatic rings. The van der Waals surface area contributed by atoms with Gasteiger partial charge in [0.25, 0.3) is 0 Å². The van der Waals surface area contributed by atoms with Crippen molar-refractivity contribution in [3.63, 3.8) is 0 Å². The molecule has 1 heterocycles. The highest BCUT2D eigenvalue weighted by Crippen LogP contribution is 2.45. The molecule has 0 fully saturated rings. The lowest BCUT2D eigenvalue weighted by atomic mass is 10.1. The number of hydrazone groups is 1. The highest BCUT2D eigenvalue weighted by Gasteiger charge is 2.44. The van der Waals surface area contributed by atoms with Gasteiger partial charge in [-0.25, -0.2) is 0 Å². The highest BCUT2D eigenvalue weighted by atomic mass is 35.6. The Morgan fingerprint density at radius 3 is 2.12 bits per heavy atom. The number of nitrogens with zero attached hydrogens (tertiary/aromatic N) is 2. The van der Waals surface area contributed by atoms with Crippen LogP contribution in [-0.2, 0) is 4.84 Å². The summed E-state index contributed by atoms with van der Waals surface area (Å²) < 4.78 is -3.81. The van der Waals surface area contributed by atoms with Gasteiger partial charge in [0.2, 0.25) is 7.59 Å². The van der Waals surface area contributed by atoms with Crippen molar-refractivity contribution in [3.05, 3.63) is 53.2 Å². The van der Waals surface area contributed by atoms with Crippen molar-refractivity contribution in [1.82, 2.24) is 10.7 Å². The van der Waals surface area contributed by atoms with E-state index in [2.05, 4.69) is 10.6 Å². The molecular weight excluding hydrogens is 439 g/mol. The van der Waals surface area contributed by atoms with E-state index in [9.17, 15) is 0 Å². The lowest BCUT2D eigenvalue weighted by Crippen LogP contribution is -2.44. The molecule has 0 aromatic heterocycles. The van der Waals surface area contributed by atoms with Gasteiger partial charge >= 0.3 is 0 Å². The van der Waals surface area contributed by atoms with Gasteiger partial charge in [-0.1, -0.05) is 106 Å². The minimum Gasteiger partial charge on any atom is -0.256 e. The molecule has 4 nitrogen and oxygen atoms in total. The molecule has 0 saturated carbocycles. The highest BCUT2D eigenvalue weighted by molar-refractivity contribution is 6.80. The summed E-state index contributed by atoms with van der Waals surface area (Å²) in [6.45, 7) is 0. The van der Waals surface area contributed by atoms with Crippen LogP contribution in [0.3, 0.4) is 0 Å². The van der Waals surface area contributed by atoms with Gasteiger partial charge in [-0.3, -0.25) is 4.84 Å². The SMILES string of the molecule is CON1NN=C(C(Cl)(Cl)Cl)C(C(Cl)(Cl)Cl)=C1C=Cc1ccccc1. The Bertz CT molecular complexity index is 676. The fourth-order valence-electron chi connectivity index (χ4n) is 1.94. The molecule has 1 aromatic carbocycles. The second kappa shape index (κ2) is 7.92. The van der Waals surface area contributed by atoms with Crippen LogP contribution in [0.2, 0.25) is 0 Å². The average molecular weight is 450 g/mol. The van der Waals surface area contributed by atoms with E-state index in [4.69, 9.17) is 74.4 Å². The van der Waals surface area contributed by atoms with Gasteiger partial charge < -0.3 is 0 Å². The number of halogens is 6. The van der Waals surface area contributed by atoms with Crippen LogP contribution in [-0.4, -0.2) is 25.6 Å². The van der Waals surface area contributed by atoms with E-state index in [0.29, 0.717) is 5.70 Å². The lowest BCUT2D eigenvalue weighted by molar-refractivity contribution is -0.139. The first-order valence-electron chi connectivity index (χ1n) is 6.44. The van der Waals surface area contributed by atoms with Crippen molar-refractivity contribution < 1.29 is 4.84 Å². The molecule has 1 N–H and O–H groups in total. The Morgan fingerprint density at radius 1 is 1.00 bits per heavy atom. The Kier molecular flexibility index (Phi) is 6.59. The minimum atomic E-state index is -1.90. The van der Waals surface area contributed by atoms with Crippen molar-refractivity contribution in [2.24, 2.45) is 5.10 Å². The maximum absolute atomic E-state index is 6.08. The van der Waals surface area contributed by atoms with Gasteiger partial charge in [-0.05, 0) is 11.6 Å². The van der Waals surface area contributed by atoms with E-state index >= 15 is 0 Å². The largest absolute Gasteiger partial charge is 0.256 e. The van der Waals surface area contributed by atoms with Gasteiger partial charge in [-0.2, -0.15) is 10.6 Å². The summed E-state index contributed by atoms with van der Waals surface area (Å²) in [5, 5.41) is 5.12. The first-order chi connectivity index (χ1) is 11.1. The first kappa shape index (κ1) is 20.0. The molecule has 0 unspecified atom stereocenters. The van der Waals surface area contributed by atoms with Crippen molar-refractivity contribution in [2.45, 2.75) is 7.59 Å². The summed E-state index contributed by atoms with van der Waals surface area (Å²) in [5.41, 5.74) is 3.86. The number of hydrazine groups is 1. The molecule has 0 bridgehead atoms. The molecule has 0 spiro atoms. The monoisotopic (exact) mass is 447 g/mol. The predicted molar refractivity (Wildman–Crippen MR) is 103 cm³/mol. The van der Waals surface area contributed by atoms with Gasteiger partial charge in [0.15, 0.2) is 0 Å². The van der Waals surface area contributed by atoms with Crippen molar-refractivity contribution in [1.29, 1.82) is 0 Å². The van der Waals surface area contributed by atoms with Crippen LogP contribution in [0.15, 0.2) is 52.8 Å². The predicted octanol–water partition coefficient (Wildman–Crippen LogP) is 5.43. The molecule has 10 heteroatoms. The summed E-state index contributed by atoms with van der Waals surface area (Å²) in [5.74, 6) is 0. The smallest absolute Gasteiger partial charge is 0.234 e. The number of hydrogen-bond acceptors (Lipinski definition) is 4. The zero-order valence-corrected chi connectivity index (χ0v) is 16.6. The van der Waals surface area contributed by atoms with Crippen LogP contribution in [0.5, 0.6) is 0 Å². The zero-order valence-electron chi connectivity index (χ0n) is 12.1. The number of allylic oxidation sites excluding steroid dienone is 2. The second-order valence-electron chi connectivity index (χ2n) is 4.54. The maximum Gasteiger partial charge on any atom is 0.234 e. The van der Waals surface area contributed by atoms with E-state index in [-0.39, 0.29) is 11.3 Å². The number of rotatable bonds is 3. The summed E-state index contributed by atoms with van der Waals surface area (Å²) in [6, 6.07) is 9.50. The van der Waals surface area contributed by atoms with Gasteiger partial charge in [0.05, 0.1) is 18.4 Å². The number of alkyl halides is 6. The molecule has 1 aliphatic heterocycles. The molecule has 2 rings (SSSR count). The Morgan fingerprint density at radius 2 is 1.62 bits per heavy atom. The van der Waals surface area contributed by atoms with Crippen molar-refractivity contribution in [3.8, 4) is 0 Å². The van der Waals surface area contributed by atoms with Gasteiger partial charge in [-0.15, -0.1) is 5.17 Å². The van der Waals surface area contributed by atoms with Crippen LogP contribution in [0.4, 0.5) is 0 Å². The molecule has 0 aliphatic carbocycles. The molecule has 130 valence electrons. The van der Waals surface area contributed by atoms with E-state index in [1.165, 1.54) is 12.3 Å². The Hall–Kier alpha value is -0.330. The van der Waals surface area contributed by atoms with E-state index in [0.717, 1.165) is 5.56 Å². The number of hydroxylamine groups is 1.